The summed E-state index contributed by atoms with van der Waals surface area (Å²) in [4.78, 5) is 25.6. The van der Waals surface area contributed by atoms with Crippen LogP contribution in [-0.4, -0.2) is 43.2 Å². The van der Waals surface area contributed by atoms with Gasteiger partial charge in [-0.25, -0.2) is 9.59 Å². The third kappa shape index (κ3) is 4.80. The summed E-state index contributed by atoms with van der Waals surface area (Å²) in [6.07, 6.45) is 0. The SMILES string of the molecule is COC(=O)c1ccc(C(=O)OC)c(NC(=S)N(C)Cc2ccccc2)c1. The van der Waals surface area contributed by atoms with Crippen LogP contribution in [0.3, 0.4) is 0 Å². The number of nitrogens with zero attached hydrogens (tertiary/aromatic N) is 1. The van der Waals surface area contributed by atoms with Crippen LogP contribution in [0.4, 0.5) is 5.69 Å². The molecule has 0 atom stereocenters. The number of carbonyl (C=O) groups is 2. The van der Waals surface area contributed by atoms with Gasteiger partial charge in [-0.05, 0) is 36.0 Å². The van der Waals surface area contributed by atoms with Crippen LogP contribution >= 0.6 is 12.2 Å². The Morgan fingerprint density at radius 3 is 2.31 bits per heavy atom. The number of esters is 2. The number of ether oxygens (including phenoxy) is 2. The van der Waals surface area contributed by atoms with Gasteiger partial charge in [0.15, 0.2) is 5.11 Å². The van der Waals surface area contributed by atoms with E-state index in [-0.39, 0.29) is 5.56 Å². The van der Waals surface area contributed by atoms with Crippen molar-refractivity contribution in [3.8, 4) is 0 Å². The molecule has 0 amide bonds. The minimum atomic E-state index is -0.530. The first-order chi connectivity index (χ1) is 12.5. The molecule has 0 bridgehead atoms. The molecule has 26 heavy (non-hydrogen) atoms. The van der Waals surface area contributed by atoms with Crippen molar-refractivity contribution in [1.29, 1.82) is 0 Å². The summed E-state index contributed by atoms with van der Waals surface area (Å²) in [5.41, 5.74) is 2.05. The zero-order chi connectivity index (χ0) is 19.1. The first-order valence-electron chi connectivity index (χ1n) is 7.83. The van der Waals surface area contributed by atoms with E-state index < -0.39 is 11.9 Å². The van der Waals surface area contributed by atoms with E-state index in [1.165, 1.54) is 32.4 Å². The second-order valence-electron chi connectivity index (χ2n) is 5.52. The van der Waals surface area contributed by atoms with Crippen molar-refractivity contribution in [2.45, 2.75) is 6.54 Å². The molecule has 0 saturated heterocycles. The van der Waals surface area contributed by atoms with Gasteiger partial charge in [-0.3, -0.25) is 0 Å². The molecule has 0 aromatic heterocycles. The van der Waals surface area contributed by atoms with Crippen molar-refractivity contribution in [2.75, 3.05) is 26.6 Å². The number of nitrogens with one attached hydrogen (secondary N) is 1. The molecule has 0 aliphatic carbocycles. The molecule has 0 fully saturated rings. The van der Waals surface area contributed by atoms with Gasteiger partial charge >= 0.3 is 11.9 Å². The molecule has 0 radical (unpaired) electrons. The molecular formula is C19H20N2O4S. The van der Waals surface area contributed by atoms with E-state index in [0.29, 0.717) is 22.9 Å². The Labute approximate surface area is 157 Å². The lowest BCUT2D eigenvalue weighted by Gasteiger charge is -2.22. The van der Waals surface area contributed by atoms with Gasteiger partial charge in [0.2, 0.25) is 0 Å². The van der Waals surface area contributed by atoms with Gasteiger partial charge in [0.1, 0.15) is 0 Å². The number of benzene rings is 2. The third-order valence-electron chi connectivity index (χ3n) is 3.70. The maximum absolute atomic E-state index is 12.0. The molecule has 0 unspecified atom stereocenters. The Hall–Kier alpha value is -2.93. The third-order valence-corrected chi connectivity index (χ3v) is 4.11. The normalized spacial score (nSPS) is 9.96. The van der Waals surface area contributed by atoms with Crippen molar-refractivity contribution in [1.82, 2.24) is 4.90 Å². The molecule has 7 heteroatoms. The van der Waals surface area contributed by atoms with Crippen LogP contribution in [0.2, 0.25) is 0 Å². The molecule has 0 saturated carbocycles. The Morgan fingerprint density at radius 1 is 1.04 bits per heavy atom. The summed E-state index contributed by atoms with van der Waals surface area (Å²) >= 11 is 5.42. The standard InChI is InChI=1S/C19H20N2O4S/c1-21(12-13-7-5-4-6-8-13)19(26)20-16-11-14(17(22)24-2)9-10-15(16)18(23)25-3/h4-11H,12H2,1-3H3,(H,20,26). The fourth-order valence-corrected chi connectivity index (χ4v) is 2.49. The van der Waals surface area contributed by atoms with Crippen LogP contribution in [0.15, 0.2) is 48.5 Å². The first-order valence-corrected chi connectivity index (χ1v) is 8.23. The van der Waals surface area contributed by atoms with Gasteiger partial charge in [-0.2, -0.15) is 0 Å². The van der Waals surface area contributed by atoms with Gasteiger partial charge in [-0.1, -0.05) is 30.3 Å². The van der Waals surface area contributed by atoms with Crippen molar-refractivity contribution in [3.05, 3.63) is 65.2 Å². The Bertz CT molecular complexity index is 808. The van der Waals surface area contributed by atoms with Crippen LogP contribution in [0.25, 0.3) is 0 Å². The van der Waals surface area contributed by atoms with Crippen molar-refractivity contribution < 1.29 is 19.1 Å². The number of hydrogen-bond acceptors (Lipinski definition) is 5. The lowest BCUT2D eigenvalue weighted by atomic mass is 10.1. The summed E-state index contributed by atoms with van der Waals surface area (Å²) in [6.45, 7) is 0.594. The summed E-state index contributed by atoms with van der Waals surface area (Å²) in [5.74, 6) is -1.04. The Morgan fingerprint density at radius 2 is 1.69 bits per heavy atom. The van der Waals surface area contributed by atoms with E-state index in [1.807, 2.05) is 42.3 Å². The zero-order valence-corrected chi connectivity index (χ0v) is 15.6. The van der Waals surface area contributed by atoms with Crippen LogP contribution in [0.1, 0.15) is 26.3 Å². The summed E-state index contributed by atoms with van der Waals surface area (Å²) in [5, 5.41) is 3.42. The molecule has 0 aliphatic heterocycles. The van der Waals surface area contributed by atoms with Crippen molar-refractivity contribution in [3.63, 3.8) is 0 Å². The minimum Gasteiger partial charge on any atom is -0.465 e. The summed E-state index contributed by atoms with van der Waals surface area (Å²) in [6, 6.07) is 14.4. The lowest BCUT2D eigenvalue weighted by Crippen LogP contribution is -2.31. The number of anilines is 1. The average Bonchev–Trinajstić information content (AvgIpc) is 2.67. The molecule has 2 aromatic carbocycles. The predicted octanol–water partition coefficient (Wildman–Crippen LogP) is 3.09. The minimum absolute atomic E-state index is 0.274. The average molecular weight is 372 g/mol. The first kappa shape index (κ1) is 19.4. The van der Waals surface area contributed by atoms with Crippen LogP contribution in [0, 0.1) is 0 Å². The smallest absolute Gasteiger partial charge is 0.339 e. The van der Waals surface area contributed by atoms with Gasteiger partial charge < -0.3 is 19.7 Å². The summed E-state index contributed by atoms with van der Waals surface area (Å²) < 4.78 is 9.51. The number of hydrogen-bond donors (Lipinski definition) is 1. The van der Waals surface area contributed by atoms with Gasteiger partial charge in [0, 0.05) is 13.6 Å². The molecule has 6 nitrogen and oxygen atoms in total. The highest BCUT2D eigenvalue weighted by atomic mass is 32.1. The molecule has 2 aromatic rings. The fourth-order valence-electron chi connectivity index (χ4n) is 2.32. The van der Waals surface area contributed by atoms with E-state index in [2.05, 4.69) is 5.32 Å². The molecule has 2 rings (SSSR count). The molecule has 1 N–H and O–H groups in total. The summed E-state index contributed by atoms with van der Waals surface area (Å²) in [7, 11) is 4.42. The Balaban J connectivity index is 2.23. The van der Waals surface area contributed by atoms with Crippen LogP contribution in [0.5, 0.6) is 0 Å². The monoisotopic (exact) mass is 372 g/mol. The molecule has 136 valence electrons. The van der Waals surface area contributed by atoms with Gasteiger partial charge in [0.25, 0.3) is 0 Å². The number of carbonyl (C=O) groups excluding carboxylic acids is 2. The highest BCUT2D eigenvalue weighted by Crippen LogP contribution is 2.20. The fraction of sp³-hybridized carbons (Fsp3) is 0.211. The zero-order valence-electron chi connectivity index (χ0n) is 14.8. The quantitative estimate of drug-likeness (QED) is 0.639. The largest absolute Gasteiger partial charge is 0.465 e. The highest BCUT2D eigenvalue weighted by Gasteiger charge is 2.17. The maximum Gasteiger partial charge on any atom is 0.339 e. The topological polar surface area (TPSA) is 67.9 Å². The molecule has 0 heterocycles. The van der Waals surface area contributed by atoms with Crippen molar-refractivity contribution in [2.24, 2.45) is 0 Å². The number of rotatable bonds is 5. The Kier molecular flexibility index (Phi) is 6.68. The second-order valence-corrected chi connectivity index (χ2v) is 5.90. The number of thiocarbonyl (C=S) groups is 1. The van der Waals surface area contributed by atoms with Crippen LogP contribution in [-0.2, 0) is 16.0 Å². The van der Waals surface area contributed by atoms with E-state index in [4.69, 9.17) is 21.7 Å². The highest BCUT2D eigenvalue weighted by molar-refractivity contribution is 7.80. The van der Waals surface area contributed by atoms with Gasteiger partial charge in [-0.15, -0.1) is 0 Å². The molecule has 0 spiro atoms. The van der Waals surface area contributed by atoms with Crippen molar-refractivity contribution >= 4 is 35.0 Å². The molecule has 0 aliphatic rings. The van der Waals surface area contributed by atoms with E-state index in [1.54, 1.807) is 0 Å². The second kappa shape index (κ2) is 8.96. The van der Waals surface area contributed by atoms with Crippen LogP contribution < -0.4 is 5.32 Å². The van der Waals surface area contributed by atoms with Gasteiger partial charge in [0.05, 0.1) is 31.0 Å². The van der Waals surface area contributed by atoms with E-state index >= 15 is 0 Å². The lowest BCUT2D eigenvalue weighted by molar-refractivity contribution is 0.0587. The molecular weight excluding hydrogens is 352 g/mol. The number of methoxy groups -OCH3 is 2. The predicted molar refractivity (Wildman–Crippen MR) is 103 cm³/mol. The van der Waals surface area contributed by atoms with E-state index in [9.17, 15) is 9.59 Å². The maximum atomic E-state index is 12.0. The van der Waals surface area contributed by atoms with E-state index in [0.717, 1.165) is 5.56 Å².